The monoisotopic (exact) mass is 220 g/mol. The molecule has 0 aliphatic rings. The van der Waals surface area contributed by atoms with Crippen molar-refractivity contribution in [3.05, 3.63) is 29.3 Å². The van der Waals surface area contributed by atoms with Crippen molar-refractivity contribution in [3.63, 3.8) is 0 Å². The molecule has 16 heavy (non-hydrogen) atoms. The number of benzene rings is 1. The molecule has 0 aromatic heterocycles. The van der Waals surface area contributed by atoms with Gasteiger partial charge in [-0.2, -0.15) is 0 Å². The Kier molecular flexibility index (Phi) is 5.33. The zero-order chi connectivity index (χ0) is 12.0. The number of nitrogens with zero attached hydrogens (tertiary/aromatic N) is 1. The highest BCUT2D eigenvalue weighted by Crippen LogP contribution is 2.18. The molecular weight excluding hydrogens is 196 g/mol. The van der Waals surface area contributed by atoms with Gasteiger partial charge in [-0.1, -0.05) is 19.4 Å². The molecule has 0 amide bonds. The number of rotatable bonds is 6. The van der Waals surface area contributed by atoms with E-state index in [0.29, 0.717) is 0 Å². The number of nitrogens with two attached hydrogens (primary N) is 1. The van der Waals surface area contributed by atoms with Gasteiger partial charge in [-0.3, -0.25) is 0 Å². The fraction of sp³-hybridized carbons (Fsp3) is 0.571. The summed E-state index contributed by atoms with van der Waals surface area (Å²) in [7, 11) is 2.16. The largest absolute Gasteiger partial charge is 0.375 e. The summed E-state index contributed by atoms with van der Waals surface area (Å²) >= 11 is 0. The third-order valence-electron chi connectivity index (χ3n) is 3.03. The van der Waals surface area contributed by atoms with Crippen molar-refractivity contribution in [2.24, 2.45) is 5.73 Å². The first-order chi connectivity index (χ1) is 7.69. The summed E-state index contributed by atoms with van der Waals surface area (Å²) in [5.41, 5.74) is 9.62. The Labute approximate surface area is 99.5 Å². The van der Waals surface area contributed by atoms with E-state index in [9.17, 15) is 0 Å². The first kappa shape index (κ1) is 13.0. The predicted octanol–water partition coefficient (Wildman–Crippen LogP) is 2.73. The zero-order valence-electron chi connectivity index (χ0n) is 10.8. The highest BCUT2D eigenvalue weighted by molar-refractivity contribution is 5.50. The fourth-order valence-electron chi connectivity index (χ4n) is 1.88. The molecule has 0 atom stereocenters. The van der Waals surface area contributed by atoms with Crippen LogP contribution in [0.4, 0.5) is 5.69 Å². The molecule has 0 fully saturated rings. The van der Waals surface area contributed by atoms with E-state index in [4.69, 9.17) is 5.73 Å². The second-order valence-corrected chi connectivity index (χ2v) is 4.42. The standard InChI is InChI=1S/C14H24N2/c1-4-5-10-16(3)14-7-6-13(8-9-15)12(2)11-14/h6-7,11H,4-5,8-10,15H2,1-3H3. The SMILES string of the molecule is CCCCN(C)c1ccc(CCN)c(C)c1. The van der Waals surface area contributed by atoms with E-state index in [2.05, 4.69) is 44.0 Å². The van der Waals surface area contributed by atoms with Crippen LogP contribution in [-0.2, 0) is 6.42 Å². The van der Waals surface area contributed by atoms with Crippen LogP contribution in [-0.4, -0.2) is 20.1 Å². The van der Waals surface area contributed by atoms with E-state index < -0.39 is 0 Å². The van der Waals surface area contributed by atoms with E-state index in [1.807, 2.05) is 0 Å². The van der Waals surface area contributed by atoms with Gasteiger partial charge in [0.2, 0.25) is 0 Å². The average molecular weight is 220 g/mol. The third kappa shape index (κ3) is 3.53. The van der Waals surface area contributed by atoms with Crippen molar-refractivity contribution >= 4 is 5.69 Å². The van der Waals surface area contributed by atoms with Gasteiger partial charge >= 0.3 is 0 Å². The molecule has 0 radical (unpaired) electrons. The number of hydrogen-bond acceptors (Lipinski definition) is 2. The molecule has 1 rings (SSSR count). The minimum atomic E-state index is 0.728. The molecule has 1 aromatic rings. The maximum atomic E-state index is 5.58. The fourth-order valence-corrected chi connectivity index (χ4v) is 1.88. The van der Waals surface area contributed by atoms with Crippen LogP contribution in [0.5, 0.6) is 0 Å². The Bertz CT molecular complexity index is 321. The number of aryl methyl sites for hydroxylation is 1. The van der Waals surface area contributed by atoms with Crippen molar-refractivity contribution < 1.29 is 0 Å². The normalized spacial score (nSPS) is 10.5. The zero-order valence-corrected chi connectivity index (χ0v) is 10.8. The summed E-state index contributed by atoms with van der Waals surface area (Å²) < 4.78 is 0. The van der Waals surface area contributed by atoms with Crippen LogP contribution in [0.3, 0.4) is 0 Å². The summed E-state index contributed by atoms with van der Waals surface area (Å²) in [4.78, 5) is 2.32. The van der Waals surface area contributed by atoms with E-state index >= 15 is 0 Å². The summed E-state index contributed by atoms with van der Waals surface area (Å²) in [5, 5.41) is 0. The van der Waals surface area contributed by atoms with E-state index in [0.717, 1.165) is 19.5 Å². The molecule has 0 saturated heterocycles. The van der Waals surface area contributed by atoms with Crippen LogP contribution in [0.25, 0.3) is 0 Å². The Morgan fingerprint density at radius 3 is 2.62 bits per heavy atom. The molecule has 2 heteroatoms. The van der Waals surface area contributed by atoms with Crippen LogP contribution in [0.1, 0.15) is 30.9 Å². The lowest BCUT2D eigenvalue weighted by molar-refractivity contribution is 0.766. The summed E-state index contributed by atoms with van der Waals surface area (Å²) in [6.45, 7) is 6.25. The molecule has 0 aliphatic heterocycles. The van der Waals surface area contributed by atoms with E-state index in [1.165, 1.54) is 29.7 Å². The van der Waals surface area contributed by atoms with Gasteiger partial charge in [0.05, 0.1) is 0 Å². The van der Waals surface area contributed by atoms with Crippen molar-refractivity contribution in [1.82, 2.24) is 0 Å². The molecule has 2 N–H and O–H groups in total. The topological polar surface area (TPSA) is 29.3 Å². The summed E-state index contributed by atoms with van der Waals surface area (Å²) in [6, 6.07) is 6.67. The molecule has 2 nitrogen and oxygen atoms in total. The minimum Gasteiger partial charge on any atom is -0.375 e. The average Bonchev–Trinajstić information content (AvgIpc) is 2.29. The molecule has 0 spiro atoms. The second kappa shape index (κ2) is 6.54. The second-order valence-electron chi connectivity index (χ2n) is 4.42. The Morgan fingerprint density at radius 1 is 1.31 bits per heavy atom. The molecule has 0 saturated carbocycles. The Balaban J connectivity index is 2.71. The van der Waals surface area contributed by atoms with Gasteiger partial charge in [-0.15, -0.1) is 0 Å². The lowest BCUT2D eigenvalue weighted by atomic mass is 10.0. The highest BCUT2D eigenvalue weighted by atomic mass is 15.1. The molecule has 0 heterocycles. The van der Waals surface area contributed by atoms with Gasteiger partial charge in [-0.05, 0) is 49.6 Å². The first-order valence-electron chi connectivity index (χ1n) is 6.19. The molecule has 1 aromatic carbocycles. The molecule has 0 bridgehead atoms. The maximum absolute atomic E-state index is 5.58. The molecular formula is C14H24N2. The Hall–Kier alpha value is -1.02. The van der Waals surface area contributed by atoms with Gasteiger partial charge in [0.25, 0.3) is 0 Å². The third-order valence-corrected chi connectivity index (χ3v) is 3.03. The van der Waals surface area contributed by atoms with E-state index in [-0.39, 0.29) is 0 Å². The lowest BCUT2D eigenvalue weighted by Crippen LogP contribution is -2.18. The number of unbranched alkanes of at least 4 members (excludes halogenated alkanes) is 1. The van der Waals surface area contributed by atoms with Gasteiger partial charge in [0, 0.05) is 19.3 Å². The quantitative estimate of drug-likeness (QED) is 0.798. The first-order valence-corrected chi connectivity index (χ1v) is 6.19. The molecule has 0 unspecified atom stereocenters. The minimum absolute atomic E-state index is 0.728. The highest BCUT2D eigenvalue weighted by Gasteiger charge is 2.03. The summed E-state index contributed by atoms with van der Waals surface area (Å²) in [5.74, 6) is 0. The predicted molar refractivity (Wildman–Crippen MR) is 72.1 cm³/mol. The number of hydrogen-bond donors (Lipinski definition) is 1. The van der Waals surface area contributed by atoms with Gasteiger partial charge in [0.1, 0.15) is 0 Å². The van der Waals surface area contributed by atoms with Gasteiger partial charge < -0.3 is 10.6 Å². The smallest absolute Gasteiger partial charge is 0.0366 e. The van der Waals surface area contributed by atoms with Gasteiger partial charge in [-0.25, -0.2) is 0 Å². The summed E-state index contributed by atoms with van der Waals surface area (Å²) in [6.07, 6.45) is 3.47. The number of anilines is 1. The lowest BCUT2D eigenvalue weighted by Gasteiger charge is -2.20. The van der Waals surface area contributed by atoms with E-state index in [1.54, 1.807) is 0 Å². The van der Waals surface area contributed by atoms with Crippen molar-refractivity contribution in [3.8, 4) is 0 Å². The van der Waals surface area contributed by atoms with Crippen LogP contribution >= 0.6 is 0 Å². The Morgan fingerprint density at radius 2 is 2.06 bits per heavy atom. The van der Waals surface area contributed by atoms with Crippen LogP contribution in [0.2, 0.25) is 0 Å². The molecule has 90 valence electrons. The van der Waals surface area contributed by atoms with Crippen molar-refractivity contribution in [1.29, 1.82) is 0 Å². The van der Waals surface area contributed by atoms with Crippen LogP contribution in [0.15, 0.2) is 18.2 Å². The van der Waals surface area contributed by atoms with Crippen LogP contribution < -0.4 is 10.6 Å². The van der Waals surface area contributed by atoms with Gasteiger partial charge in [0.15, 0.2) is 0 Å². The maximum Gasteiger partial charge on any atom is 0.0366 e. The van der Waals surface area contributed by atoms with Crippen LogP contribution in [0, 0.1) is 6.92 Å². The van der Waals surface area contributed by atoms with Crippen molar-refractivity contribution in [2.75, 3.05) is 25.0 Å². The molecule has 0 aliphatic carbocycles. The van der Waals surface area contributed by atoms with Crippen molar-refractivity contribution in [2.45, 2.75) is 33.1 Å².